The molecule has 0 aromatic rings. The van der Waals surface area contributed by atoms with Crippen LogP contribution >= 0.6 is 0 Å². The van der Waals surface area contributed by atoms with Gasteiger partial charge in [0.05, 0.1) is 18.9 Å². The van der Waals surface area contributed by atoms with Crippen LogP contribution in [0.15, 0.2) is 4.99 Å². The van der Waals surface area contributed by atoms with Crippen molar-refractivity contribution in [2.75, 3.05) is 13.1 Å². The van der Waals surface area contributed by atoms with Crippen LogP contribution in [-0.4, -0.2) is 99.1 Å². The van der Waals surface area contributed by atoms with Crippen LogP contribution in [0.2, 0.25) is 0 Å². The van der Waals surface area contributed by atoms with E-state index in [2.05, 4.69) is 15.6 Å². The monoisotopic (exact) mass is 501 g/mol. The maximum absolute atomic E-state index is 13.1. The van der Waals surface area contributed by atoms with Crippen molar-refractivity contribution in [2.45, 2.75) is 62.7 Å². The standard InChI is InChI=1S/C19H31N7O9/c20-9(7-13(27)28)15(31)25-11(8-14(29)30)16(32)24-10(3-1-5-23-19(21)22)17(33)26-6-2-4-12(26)18(34)35/h9-12H,1-8,20H2,(H,24,32)(H,25,31)(H,27,28)(H,29,30)(H,34,35)(H4,21,22,23). The molecule has 11 N–H and O–H groups in total. The summed E-state index contributed by atoms with van der Waals surface area (Å²) >= 11 is 0. The summed E-state index contributed by atoms with van der Waals surface area (Å²) in [6.45, 7) is 0.249. The van der Waals surface area contributed by atoms with Crippen LogP contribution in [0.3, 0.4) is 0 Å². The Labute approximate surface area is 199 Å². The molecule has 196 valence electrons. The zero-order chi connectivity index (χ0) is 26.7. The molecule has 16 heteroatoms. The van der Waals surface area contributed by atoms with E-state index in [1.807, 2.05) is 0 Å². The lowest BCUT2D eigenvalue weighted by Gasteiger charge is -2.28. The van der Waals surface area contributed by atoms with E-state index < -0.39 is 72.6 Å². The fraction of sp³-hybridized carbons (Fsp3) is 0.632. The van der Waals surface area contributed by atoms with Gasteiger partial charge in [0.15, 0.2) is 5.96 Å². The highest BCUT2D eigenvalue weighted by atomic mass is 16.4. The molecule has 0 aromatic heterocycles. The number of nitrogens with zero attached hydrogens (tertiary/aromatic N) is 2. The summed E-state index contributed by atoms with van der Waals surface area (Å²) in [5, 5.41) is 31.7. The second kappa shape index (κ2) is 13.7. The lowest BCUT2D eigenvalue weighted by Crippen LogP contribution is -2.57. The number of carboxylic acid groups (broad SMARTS) is 3. The van der Waals surface area contributed by atoms with Crippen LogP contribution in [0, 0.1) is 0 Å². The average Bonchev–Trinajstić information content (AvgIpc) is 3.24. The number of nitrogens with two attached hydrogens (primary N) is 3. The number of rotatable bonds is 14. The Balaban J connectivity index is 3.05. The number of amides is 3. The van der Waals surface area contributed by atoms with E-state index in [4.69, 9.17) is 27.4 Å². The van der Waals surface area contributed by atoms with Crippen molar-refractivity contribution in [3.63, 3.8) is 0 Å². The molecule has 1 fully saturated rings. The average molecular weight is 501 g/mol. The number of carbonyl (C=O) groups excluding carboxylic acids is 3. The van der Waals surface area contributed by atoms with E-state index >= 15 is 0 Å². The summed E-state index contributed by atoms with van der Waals surface area (Å²) in [6, 6.07) is -5.57. The summed E-state index contributed by atoms with van der Waals surface area (Å²) in [7, 11) is 0. The molecule has 0 spiro atoms. The molecule has 1 saturated heterocycles. The van der Waals surface area contributed by atoms with Crippen molar-refractivity contribution < 1.29 is 44.1 Å². The molecule has 0 radical (unpaired) electrons. The first-order valence-electron chi connectivity index (χ1n) is 10.7. The maximum Gasteiger partial charge on any atom is 0.326 e. The van der Waals surface area contributed by atoms with Crippen LogP contribution < -0.4 is 27.8 Å². The number of hydrogen-bond acceptors (Lipinski definition) is 8. The largest absolute Gasteiger partial charge is 0.481 e. The topological polar surface area (TPSA) is 281 Å². The van der Waals surface area contributed by atoms with Gasteiger partial charge in [0.25, 0.3) is 0 Å². The molecule has 0 saturated carbocycles. The van der Waals surface area contributed by atoms with Crippen LogP contribution in [-0.2, 0) is 28.8 Å². The Morgan fingerprint density at radius 3 is 2.09 bits per heavy atom. The van der Waals surface area contributed by atoms with E-state index in [0.29, 0.717) is 6.42 Å². The molecule has 1 heterocycles. The van der Waals surface area contributed by atoms with Crippen molar-refractivity contribution >= 4 is 41.6 Å². The van der Waals surface area contributed by atoms with Crippen molar-refractivity contribution in [1.29, 1.82) is 0 Å². The van der Waals surface area contributed by atoms with Crippen molar-refractivity contribution in [2.24, 2.45) is 22.2 Å². The lowest BCUT2D eigenvalue weighted by molar-refractivity contribution is -0.149. The van der Waals surface area contributed by atoms with Gasteiger partial charge >= 0.3 is 17.9 Å². The van der Waals surface area contributed by atoms with Crippen LogP contribution in [0.4, 0.5) is 0 Å². The Morgan fingerprint density at radius 2 is 1.54 bits per heavy atom. The highest BCUT2D eigenvalue weighted by Crippen LogP contribution is 2.19. The summed E-state index contributed by atoms with van der Waals surface area (Å²) in [5.41, 5.74) is 16.0. The zero-order valence-corrected chi connectivity index (χ0v) is 18.9. The summed E-state index contributed by atoms with van der Waals surface area (Å²) < 4.78 is 0. The van der Waals surface area contributed by atoms with Gasteiger partial charge in [-0.2, -0.15) is 0 Å². The molecule has 4 unspecified atom stereocenters. The Kier molecular flexibility index (Phi) is 11.4. The van der Waals surface area contributed by atoms with E-state index in [9.17, 15) is 33.9 Å². The lowest BCUT2D eigenvalue weighted by atomic mass is 10.1. The quantitative estimate of drug-likeness (QED) is 0.0650. The van der Waals surface area contributed by atoms with Crippen LogP contribution in [0.1, 0.15) is 38.5 Å². The number of guanidine groups is 1. The predicted molar refractivity (Wildman–Crippen MR) is 119 cm³/mol. The van der Waals surface area contributed by atoms with Gasteiger partial charge in [0.1, 0.15) is 18.1 Å². The van der Waals surface area contributed by atoms with Gasteiger partial charge in [-0.3, -0.25) is 29.0 Å². The second-order valence-electron chi connectivity index (χ2n) is 7.90. The first kappa shape index (κ1) is 29.1. The van der Waals surface area contributed by atoms with Gasteiger partial charge in [-0.25, -0.2) is 4.79 Å². The van der Waals surface area contributed by atoms with Crippen LogP contribution in [0.25, 0.3) is 0 Å². The summed E-state index contributed by atoms with van der Waals surface area (Å²) in [5.74, 6) is -7.05. The molecule has 1 aliphatic rings. The highest BCUT2D eigenvalue weighted by Gasteiger charge is 2.38. The normalized spacial score (nSPS) is 17.5. The molecule has 1 aliphatic heterocycles. The van der Waals surface area contributed by atoms with Crippen molar-refractivity contribution in [3.05, 3.63) is 0 Å². The molecule has 4 atom stereocenters. The zero-order valence-electron chi connectivity index (χ0n) is 18.9. The van der Waals surface area contributed by atoms with Gasteiger partial charge in [0, 0.05) is 13.1 Å². The minimum Gasteiger partial charge on any atom is -0.481 e. The summed E-state index contributed by atoms with van der Waals surface area (Å²) in [4.78, 5) is 76.5. The number of hydrogen-bond donors (Lipinski definition) is 8. The molecular weight excluding hydrogens is 470 g/mol. The Morgan fingerprint density at radius 1 is 0.943 bits per heavy atom. The van der Waals surface area contributed by atoms with Gasteiger partial charge in [-0.1, -0.05) is 0 Å². The van der Waals surface area contributed by atoms with E-state index in [1.54, 1.807) is 0 Å². The van der Waals surface area contributed by atoms with Gasteiger partial charge in [-0.15, -0.1) is 0 Å². The molecule has 0 bridgehead atoms. The first-order chi connectivity index (χ1) is 16.3. The Hall–Kier alpha value is -3.95. The number of carbonyl (C=O) groups is 6. The third-order valence-electron chi connectivity index (χ3n) is 5.12. The van der Waals surface area contributed by atoms with Gasteiger partial charge in [-0.05, 0) is 25.7 Å². The number of carboxylic acids is 3. The molecule has 1 rings (SSSR count). The molecule has 3 amide bonds. The second-order valence-corrected chi connectivity index (χ2v) is 7.90. The van der Waals surface area contributed by atoms with Crippen molar-refractivity contribution in [1.82, 2.24) is 15.5 Å². The first-order valence-corrected chi connectivity index (χ1v) is 10.7. The molecule has 35 heavy (non-hydrogen) atoms. The molecule has 0 aliphatic carbocycles. The molecule has 0 aromatic carbocycles. The minimum absolute atomic E-state index is 0.0174. The number of nitrogens with one attached hydrogen (secondary N) is 2. The highest BCUT2D eigenvalue weighted by molar-refractivity contribution is 5.96. The predicted octanol–water partition coefficient (Wildman–Crippen LogP) is -3.64. The van der Waals surface area contributed by atoms with E-state index in [1.165, 1.54) is 0 Å². The number of aliphatic carboxylic acids is 3. The number of likely N-dealkylation sites (tertiary alicyclic amines) is 1. The van der Waals surface area contributed by atoms with E-state index in [0.717, 1.165) is 4.90 Å². The smallest absolute Gasteiger partial charge is 0.326 e. The summed E-state index contributed by atoms with van der Waals surface area (Å²) in [6.07, 6.45) is -0.778. The minimum atomic E-state index is -1.68. The van der Waals surface area contributed by atoms with Gasteiger partial charge in [0.2, 0.25) is 17.7 Å². The fourth-order valence-electron chi connectivity index (χ4n) is 3.46. The third-order valence-corrected chi connectivity index (χ3v) is 5.12. The van der Waals surface area contributed by atoms with E-state index in [-0.39, 0.29) is 38.3 Å². The number of aliphatic imine (C=N–C) groups is 1. The Bertz CT molecular complexity index is 860. The fourth-order valence-corrected chi connectivity index (χ4v) is 3.46. The molecular formula is C19H31N7O9. The van der Waals surface area contributed by atoms with Crippen molar-refractivity contribution in [3.8, 4) is 0 Å². The molecule has 16 nitrogen and oxygen atoms in total. The SMILES string of the molecule is NC(N)=NCCCC(NC(=O)C(CC(=O)O)NC(=O)C(N)CC(=O)O)C(=O)N1CCCC1C(=O)O. The van der Waals surface area contributed by atoms with Crippen LogP contribution in [0.5, 0.6) is 0 Å². The maximum atomic E-state index is 13.1. The van der Waals surface area contributed by atoms with Gasteiger partial charge < -0.3 is 48.1 Å². The third kappa shape index (κ3) is 9.83.